The molecule has 3 nitrogen and oxygen atoms in total. The van der Waals surface area contributed by atoms with Crippen molar-refractivity contribution in [3.8, 4) is 0 Å². The molecule has 20 heavy (non-hydrogen) atoms. The molecule has 102 valence electrons. The smallest absolute Gasteiger partial charge is 0.0751 e. The van der Waals surface area contributed by atoms with Crippen LogP contribution in [-0.2, 0) is 6.54 Å². The molecular formula is C17H19N3. The number of aryl methyl sites for hydroxylation is 1. The zero-order chi connectivity index (χ0) is 13.9. The molecule has 3 rings (SSSR count). The van der Waals surface area contributed by atoms with E-state index < -0.39 is 0 Å². The monoisotopic (exact) mass is 265 g/mol. The van der Waals surface area contributed by atoms with Gasteiger partial charge in [0.1, 0.15) is 0 Å². The number of aromatic nitrogens is 2. The molecule has 0 spiro atoms. The summed E-state index contributed by atoms with van der Waals surface area (Å²) >= 11 is 0. The van der Waals surface area contributed by atoms with Gasteiger partial charge in [-0.1, -0.05) is 42.5 Å². The van der Waals surface area contributed by atoms with Crippen LogP contribution in [0.4, 0.5) is 0 Å². The van der Waals surface area contributed by atoms with Crippen LogP contribution >= 0.6 is 0 Å². The average molecular weight is 265 g/mol. The minimum atomic E-state index is 0.156. The highest BCUT2D eigenvalue weighted by Crippen LogP contribution is 2.28. The highest BCUT2D eigenvalue weighted by molar-refractivity contribution is 5.86. The van der Waals surface area contributed by atoms with Gasteiger partial charge in [-0.2, -0.15) is 5.10 Å². The summed E-state index contributed by atoms with van der Waals surface area (Å²) in [6, 6.07) is 17.2. The normalized spacial score (nSPS) is 12.7. The van der Waals surface area contributed by atoms with Crippen molar-refractivity contribution in [1.29, 1.82) is 0 Å². The number of rotatable bonds is 4. The second kappa shape index (κ2) is 5.47. The summed E-state index contributed by atoms with van der Waals surface area (Å²) in [5.41, 5.74) is 2.49. The summed E-state index contributed by atoms with van der Waals surface area (Å²) in [6.45, 7) is 3.00. The maximum absolute atomic E-state index is 4.39. The Hall–Kier alpha value is -2.13. The predicted octanol–water partition coefficient (Wildman–Crippen LogP) is 3.37. The molecule has 0 fully saturated rings. The van der Waals surface area contributed by atoms with Crippen LogP contribution in [0.2, 0.25) is 0 Å². The molecule has 0 aliphatic rings. The van der Waals surface area contributed by atoms with Crippen LogP contribution in [-0.4, -0.2) is 16.8 Å². The lowest BCUT2D eigenvalue weighted by Gasteiger charge is -2.20. The van der Waals surface area contributed by atoms with Crippen molar-refractivity contribution >= 4 is 10.8 Å². The van der Waals surface area contributed by atoms with Crippen molar-refractivity contribution in [2.75, 3.05) is 7.05 Å². The molecule has 0 aliphatic carbocycles. The van der Waals surface area contributed by atoms with Gasteiger partial charge in [0.25, 0.3) is 0 Å². The lowest BCUT2D eigenvalue weighted by molar-refractivity contribution is 0.565. The van der Waals surface area contributed by atoms with Crippen molar-refractivity contribution in [2.45, 2.75) is 19.5 Å². The van der Waals surface area contributed by atoms with E-state index in [9.17, 15) is 0 Å². The standard InChI is InChI=1S/C17H19N3/c1-3-20-16(11-12-19-20)17(18-2)15-10-6-8-13-7-4-5-9-14(13)15/h4-12,17-18H,3H2,1-2H3. The quantitative estimate of drug-likeness (QED) is 0.784. The van der Waals surface area contributed by atoms with E-state index in [1.165, 1.54) is 22.0 Å². The molecule has 0 saturated carbocycles. The van der Waals surface area contributed by atoms with Gasteiger partial charge in [0.05, 0.1) is 11.7 Å². The highest BCUT2D eigenvalue weighted by atomic mass is 15.3. The second-order valence-corrected chi connectivity index (χ2v) is 4.86. The summed E-state index contributed by atoms with van der Waals surface area (Å²) in [5, 5.41) is 10.4. The Bertz CT molecular complexity index is 710. The van der Waals surface area contributed by atoms with Gasteiger partial charge in [0.15, 0.2) is 0 Å². The minimum Gasteiger partial charge on any atom is -0.308 e. The van der Waals surface area contributed by atoms with Gasteiger partial charge < -0.3 is 5.32 Å². The largest absolute Gasteiger partial charge is 0.308 e. The number of nitrogens with one attached hydrogen (secondary N) is 1. The van der Waals surface area contributed by atoms with Crippen LogP contribution in [0.1, 0.15) is 24.2 Å². The number of nitrogens with zero attached hydrogens (tertiary/aromatic N) is 2. The zero-order valence-electron chi connectivity index (χ0n) is 11.9. The highest BCUT2D eigenvalue weighted by Gasteiger charge is 2.17. The first-order chi connectivity index (χ1) is 9.85. The lowest BCUT2D eigenvalue weighted by Crippen LogP contribution is -2.21. The topological polar surface area (TPSA) is 29.9 Å². The minimum absolute atomic E-state index is 0.156. The molecule has 1 heterocycles. The van der Waals surface area contributed by atoms with E-state index in [0.29, 0.717) is 0 Å². The van der Waals surface area contributed by atoms with Crippen molar-refractivity contribution < 1.29 is 0 Å². The summed E-state index contributed by atoms with van der Waals surface area (Å²) in [4.78, 5) is 0. The van der Waals surface area contributed by atoms with Crippen LogP contribution in [0, 0.1) is 0 Å². The third-order valence-corrected chi connectivity index (χ3v) is 3.77. The van der Waals surface area contributed by atoms with Crippen molar-refractivity contribution in [1.82, 2.24) is 15.1 Å². The summed E-state index contributed by atoms with van der Waals surface area (Å²) in [7, 11) is 2.00. The van der Waals surface area contributed by atoms with E-state index in [4.69, 9.17) is 0 Å². The molecule has 0 aliphatic heterocycles. The predicted molar refractivity (Wildman–Crippen MR) is 82.8 cm³/mol. The third kappa shape index (κ3) is 2.10. The Labute approximate surface area is 119 Å². The molecule has 1 atom stereocenters. The maximum atomic E-state index is 4.39. The first-order valence-corrected chi connectivity index (χ1v) is 7.01. The summed E-state index contributed by atoms with van der Waals surface area (Å²) in [5.74, 6) is 0. The Balaban J connectivity index is 2.17. The van der Waals surface area contributed by atoms with E-state index in [-0.39, 0.29) is 6.04 Å². The van der Waals surface area contributed by atoms with Gasteiger partial charge >= 0.3 is 0 Å². The van der Waals surface area contributed by atoms with Crippen molar-refractivity contribution in [3.05, 3.63) is 66.0 Å². The van der Waals surface area contributed by atoms with Gasteiger partial charge in [-0.05, 0) is 36.4 Å². The van der Waals surface area contributed by atoms with Crippen molar-refractivity contribution in [3.63, 3.8) is 0 Å². The summed E-state index contributed by atoms with van der Waals surface area (Å²) in [6.07, 6.45) is 1.87. The SMILES string of the molecule is CCn1nccc1C(NC)c1cccc2ccccc12. The fourth-order valence-electron chi connectivity index (χ4n) is 2.82. The molecule has 0 radical (unpaired) electrons. The molecule has 1 aromatic heterocycles. The molecule has 0 bridgehead atoms. The third-order valence-electron chi connectivity index (χ3n) is 3.77. The number of benzene rings is 2. The Kier molecular flexibility index (Phi) is 3.52. The van der Waals surface area contributed by atoms with Gasteiger partial charge in [-0.25, -0.2) is 0 Å². The van der Waals surface area contributed by atoms with E-state index in [0.717, 1.165) is 6.54 Å². The Morgan fingerprint density at radius 1 is 1.10 bits per heavy atom. The molecule has 1 unspecified atom stereocenters. The zero-order valence-corrected chi connectivity index (χ0v) is 11.9. The van der Waals surface area contributed by atoms with E-state index in [1.54, 1.807) is 0 Å². The van der Waals surface area contributed by atoms with Gasteiger partial charge in [0.2, 0.25) is 0 Å². The van der Waals surface area contributed by atoms with Crippen LogP contribution in [0.3, 0.4) is 0 Å². The van der Waals surface area contributed by atoms with Crippen molar-refractivity contribution in [2.24, 2.45) is 0 Å². The second-order valence-electron chi connectivity index (χ2n) is 4.86. The molecule has 2 aromatic carbocycles. The van der Waals surface area contributed by atoms with E-state index >= 15 is 0 Å². The molecule has 1 N–H and O–H groups in total. The Morgan fingerprint density at radius 2 is 1.90 bits per heavy atom. The molecule has 3 heteroatoms. The fraction of sp³-hybridized carbons (Fsp3) is 0.235. The average Bonchev–Trinajstić information content (AvgIpc) is 2.97. The molecule has 0 saturated heterocycles. The van der Waals surface area contributed by atoms with E-state index in [2.05, 4.69) is 65.9 Å². The number of hydrogen-bond donors (Lipinski definition) is 1. The van der Waals surface area contributed by atoms with Crippen LogP contribution in [0.25, 0.3) is 10.8 Å². The Morgan fingerprint density at radius 3 is 2.70 bits per heavy atom. The first-order valence-electron chi connectivity index (χ1n) is 7.01. The van der Waals surface area contributed by atoms with Crippen LogP contribution in [0.5, 0.6) is 0 Å². The maximum Gasteiger partial charge on any atom is 0.0751 e. The van der Waals surface area contributed by atoms with Gasteiger partial charge in [-0.3, -0.25) is 4.68 Å². The number of hydrogen-bond acceptors (Lipinski definition) is 2. The van der Waals surface area contributed by atoms with Crippen LogP contribution < -0.4 is 5.32 Å². The van der Waals surface area contributed by atoms with E-state index in [1.807, 2.05) is 17.9 Å². The molecule has 3 aromatic rings. The molecular weight excluding hydrogens is 246 g/mol. The number of fused-ring (bicyclic) bond motifs is 1. The molecule has 0 amide bonds. The van der Waals surface area contributed by atoms with Gasteiger partial charge in [-0.15, -0.1) is 0 Å². The fourth-order valence-corrected chi connectivity index (χ4v) is 2.82. The first kappa shape index (κ1) is 12.9. The van der Waals surface area contributed by atoms with Gasteiger partial charge in [0, 0.05) is 12.7 Å². The lowest BCUT2D eigenvalue weighted by atomic mass is 9.97. The summed E-state index contributed by atoms with van der Waals surface area (Å²) < 4.78 is 2.04. The van der Waals surface area contributed by atoms with Crippen LogP contribution in [0.15, 0.2) is 54.7 Å².